The van der Waals surface area contributed by atoms with Gasteiger partial charge in [0.2, 0.25) is 0 Å². The van der Waals surface area contributed by atoms with Gasteiger partial charge in [0.25, 0.3) is 0 Å². The van der Waals surface area contributed by atoms with E-state index in [0.29, 0.717) is 0 Å². The first-order valence-corrected chi connectivity index (χ1v) is 13.1. The van der Waals surface area contributed by atoms with Gasteiger partial charge in [0.15, 0.2) is 6.10 Å². The number of hydrogen-bond donors (Lipinski definition) is 1. The number of carboxylic acids is 1. The van der Waals surface area contributed by atoms with Crippen molar-refractivity contribution in [3.05, 3.63) is 0 Å². The summed E-state index contributed by atoms with van der Waals surface area (Å²) < 4.78 is 28.6. The summed E-state index contributed by atoms with van der Waals surface area (Å²) in [5, 5.41) is 9.53. The quantitative estimate of drug-likeness (QED) is 0.124. The van der Waals surface area contributed by atoms with E-state index >= 15 is 0 Å². The van der Waals surface area contributed by atoms with E-state index in [1.807, 2.05) is 13.8 Å². The van der Waals surface area contributed by atoms with Gasteiger partial charge in [-0.3, -0.25) is 4.52 Å². The van der Waals surface area contributed by atoms with Crippen molar-refractivity contribution in [2.45, 2.75) is 106 Å². The van der Waals surface area contributed by atoms with Crippen LogP contribution in [0.15, 0.2) is 0 Å². The van der Waals surface area contributed by atoms with Gasteiger partial charge in [0.1, 0.15) is 0 Å². The van der Waals surface area contributed by atoms with Crippen molar-refractivity contribution in [1.29, 1.82) is 0 Å². The van der Waals surface area contributed by atoms with E-state index in [2.05, 4.69) is 13.8 Å². The van der Waals surface area contributed by atoms with Crippen molar-refractivity contribution in [2.24, 2.45) is 17.3 Å². The van der Waals surface area contributed by atoms with Crippen molar-refractivity contribution >= 4 is 13.8 Å². The fourth-order valence-corrected chi connectivity index (χ4v) is 4.07. The lowest BCUT2D eigenvalue weighted by Gasteiger charge is -2.29. The number of hydrogen-bond acceptors (Lipinski definition) is 7. The molecule has 186 valence electrons. The number of unbranched alkanes of at least 4 members (excludes halogenated alkanes) is 2. The Hall–Kier alpha value is -0.500. The molecule has 0 rings (SSSR count). The van der Waals surface area contributed by atoms with Crippen LogP contribution in [0, 0.1) is 17.3 Å². The Kier molecular flexibility index (Phi) is 15.9. The molecule has 31 heavy (non-hydrogen) atoms. The highest BCUT2D eigenvalue weighted by Gasteiger charge is 2.43. The van der Waals surface area contributed by atoms with Crippen LogP contribution in [-0.2, 0) is 33.0 Å². The van der Waals surface area contributed by atoms with Gasteiger partial charge in [-0.2, -0.15) is 0 Å². The largest absolute Gasteiger partial charge is 0.530 e. The maximum absolute atomic E-state index is 13.2. The van der Waals surface area contributed by atoms with Gasteiger partial charge in [0.05, 0.1) is 13.2 Å². The molecule has 3 unspecified atom stereocenters. The summed E-state index contributed by atoms with van der Waals surface area (Å²) in [5.74, 6) is -0.819. The van der Waals surface area contributed by atoms with E-state index in [1.165, 1.54) is 0 Å². The second-order valence-electron chi connectivity index (χ2n) is 9.19. The molecule has 0 heterocycles. The molecule has 0 bridgehead atoms. The van der Waals surface area contributed by atoms with Crippen molar-refractivity contribution in [1.82, 2.24) is 0 Å². The minimum atomic E-state index is -4.44. The number of phosphoric acid groups is 1. The molecule has 1 N–H and O–H groups in total. The third kappa shape index (κ3) is 13.6. The van der Waals surface area contributed by atoms with E-state index in [1.54, 1.807) is 20.8 Å². The average molecular weight is 469 g/mol. The Morgan fingerprint density at radius 1 is 0.871 bits per heavy atom. The highest BCUT2D eigenvalue weighted by molar-refractivity contribution is 7.48. The number of carbonyl (C=O) groups is 1. The fourth-order valence-electron chi connectivity index (χ4n) is 2.93. The van der Waals surface area contributed by atoms with E-state index in [9.17, 15) is 14.5 Å². The lowest BCUT2D eigenvalue weighted by atomic mass is 9.89. The van der Waals surface area contributed by atoms with E-state index in [4.69, 9.17) is 23.6 Å². The second-order valence-corrected chi connectivity index (χ2v) is 10.6. The molecule has 0 aromatic carbocycles. The molecule has 0 spiro atoms. The van der Waals surface area contributed by atoms with E-state index in [-0.39, 0.29) is 25.0 Å². The second kappa shape index (κ2) is 16.2. The van der Waals surface area contributed by atoms with Crippen LogP contribution in [0.5, 0.6) is 0 Å². The molecular weight excluding hydrogens is 423 g/mol. The van der Waals surface area contributed by atoms with Crippen LogP contribution < -0.4 is 0 Å². The Morgan fingerprint density at radius 3 is 1.58 bits per heavy atom. The highest BCUT2D eigenvalue weighted by Crippen LogP contribution is 2.53. The third-order valence-corrected chi connectivity index (χ3v) is 6.27. The zero-order chi connectivity index (χ0) is 23.9. The highest BCUT2D eigenvalue weighted by atomic mass is 31.2. The molecule has 0 saturated carbocycles. The summed E-state index contributed by atoms with van der Waals surface area (Å²) in [5.41, 5.74) is -0.853. The van der Waals surface area contributed by atoms with Gasteiger partial charge in [-0.15, -0.1) is 9.35 Å². The average Bonchev–Trinajstić information content (AvgIpc) is 2.70. The topological polar surface area (TPSA) is 101 Å². The SMILES string of the molecule is CCCCC(CC)COOP(=O)(OOCC(CC)CCCC)OC(C(=O)O)C(C)(C)C. The first-order chi connectivity index (χ1) is 14.5. The minimum Gasteiger partial charge on any atom is -0.479 e. The number of rotatable bonds is 19. The maximum atomic E-state index is 13.2. The lowest BCUT2D eigenvalue weighted by molar-refractivity contribution is -0.292. The molecule has 0 radical (unpaired) electrons. The molecule has 0 aromatic rings. The minimum absolute atomic E-state index is 0.203. The van der Waals surface area contributed by atoms with Crippen molar-refractivity contribution in [2.75, 3.05) is 13.2 Å². The monoisotopic (exact) mass is 468 g/mol. The molecule has 0 aliphatic carbocycles. The number of aliphatic carboxylic acids is 1. The van der Waals surface area contributed by atoms with Gasteiger partial charge >= 0.3 is 13.8 Å². The molecule has 0 aliphatic rings. The summed E-state index contributed by atoms with van der Waals surface area (Å²) in [6, 6.07) is 0. The molecule has 0 saturated heterocycles. The molecule has 9 heteroatoms. The van der Waals surface area contributed by atoms with Crippen LogP contribution in [-0.4, -0.2) is 30.4 Å². The molecule has 0 fully saturated rings. The smallest absolute Gasteiger partial charge is 0.479 e. The predicted octanol–water partition coefficient (Wildman–Crippen LogP) is 6.94. The standard InChI is InChI=1S/C22H45O8P/c1-8-12-14-18(10-3)16-26-29-31(25,28-20(21(23)24)22(5,6)7)30-27-17-19(11-4)15-13-9-2/h18-20H,8-17H2,1-7H3,(H,23,24). The maximum Gasteiger partial charge on any atom is 0.530 e. The Morgan fingerprint density at radius 2 is 1.29 bits per heavy atom. The third-order valence-electron chi connectivity index (χ3n) is 5.23. The zero-order valence-electron chi connectivity index (χ0n) is 20.6. The Balaban J connectivity index is 5.13. The van der Waals surface area contributed by atoms with Crippen molar-refractivity contribution in [3.63, 3.8) is 0 Å². The van der Waals surface area contributed by atoms with Gasteiger partial charge in [-0.1, -0.05) is 87.0 Å². The fraction of sp³-hybridized carbons (Fsp3) is 0.955. The van der Waals surface area contributed by atoms with Gasteiger partial charge in [0, 0.05) is 0 Å². The summed E-state index contributed by atoms with van der Waals surface area (Å²) in [6.45, 7) is 13.7. The predicted molar refractivity (Wildman–Crippen MR) is 120 cm³/mol. The van der Waals surface area contributed by atoms with Gasteiger partial charge < -0.3 is 5.11 Å². The summed E-state index contributed by atoms with van der Waals surface area (Å²) in [6.07, 6.45) is 6.46. The van der Waals surface area contributed by atoms with Gasteiger partial charge in [-0.25, -0.2) is 19.1 Å². The molecule has 0 aliphatic heterocycles. The number of carboxylic acid groups (broad SMARTS) is 1. The normalized spacial score (nSPS) is 17.1. The first-order valence-electron chi connectivity index (χ1n) is 11.7. The summed E-state index contributed by atoms with van der Waals surface area (Å²) in [7, 11) is -4.44. The Labute approximate surface area is 188 Å². The molecule has 3 atom stereocenters. The molecule has 0 aromatic heterocycles. The summed E-state index contributed by atoms with van der Waals surface area (Å²) >= 11 is 0. The van der Waals surface area contributed by atoms with E-state index in [0.717, 1.165) is 51.4 Å². The van der Waals surface area contributed by atoms with Crippen LogP contribution in [0.4, 0.5) is 0 Å². The first kappa shape index (κ1) is 30.5. The Bertz CT molecular complexity index is 494. The zero-order valence-corrected chi connectivity index (χ0v) is 21.4. The van der Waals surface area contributed by atoms with Crippen LogP contribution in [0.2, 0.25) is 0 Å². The van der Waals surface area contributed by atoms with Gasteiger partial charge in [-0.05, 0) is 30.1 Å². The van der Waals surface area contributed by atoms with Crippen molar-refractivity contribution in [3.8, 4) is 0 Å². The van der Waals surface area contributed by atoms with E-state index < -0.39 is 25.3 Å². The van der Waals surface area contributed by atoms with Crippen LogP contribution in [0.3, 0.4) is 0 Å². The van der Waals surface area contributed by atoms with Crippen LogP contribution >= 0.6 is 7.82 Å². The van der Waals surface area contributed by atoms with Crippen LogP contribution in [0.25, 0.3) is 0 Å². The molecule has 8 nitrogen and oxygen atoms in total. The molecule has 0 amide bonds. The van der Waals surface area contributed by atoms with Crippen LogP contribution in [0.1, 0.15) is 99.8 Å². The van der Waals surface area contributed by atoms with Crippen molar-refractivity contribution < 1.29 is 38.1 Å². The lowest BCUT2D eigenvalue weighted by Crippen LogP contribution is -2.36. The summed E-state index contributed by atoms with van der Waals surface area (Å²) in [4.78, 5) is 22.1. The molecular formula is C22H45O8P.